The minimum atomic E-state index is 0.0547. The SMILES string of the molecule is CC(C)N1CCN(c2cc(C(=O)Cc3cc4cc(-c5cncn5C)ccc4cn3)ccn2)CC1. The Morgan fingerprint density at radius 1 is 0.971 bits per heavy atom. The third-order valence-electron chi connectivity index (χ3n) is 6.67. The van der Waals surface area contributed by atoms with Crippen LogP contribution in [0.3, 0.4) is 0 Å². The van der Waals surface area contributed by atoms with Gasteiger partial charge < -0.3 is 9.47 Å². The number of Topliss-reactive ketones (excluding diaryl/α,β-unsaturated/α-hetero) is 1. The maximum atomic E-state index is 13.1. The van der Waals surface area contributed by atoms with Gasteiger partial charge in [-0.3, -0.25) is 14.7 Å². The first-order chi connectivity index (χ1) is 16.5. The van der Waals surface area contributed by atoms with E-state index in [0.717, 1.165) is 59.7 Å². The monoisotopic (exact) mass is 454 g/mol. The highest BCUT2D eigenvalue weighted by Crippen LogP contribution is 2.24. The molecule has 3 aromatic heterocycles. The molecule has 0 unspecified atom stereocenters. The number of ketones is 1. The van der Waals surface area contributed by atoms with E-state index in [9.17, 15) is 4.79 Å². The van der Waals surface area contributed by atoms with Crippen LogP contribution in [0.5, 0.6) is 0 Å². The summed E-state index contributed by atoms with van der Waals surface area (Å²) >= 11 is 0. The van der Waals surface area contributed by atoms with Gasteiger partial charge in [-0.15, -0.1) is 0 Å². The largest absolute Gasteiger partial charge is 0.354 e. The maximum Gasteiger partial charge on any atom is 0.169 e. The van der Waals surface area contributed by atoms with Crippen LogP contribution in [0, 0.1) is 0 Å². The van der Waals surface area contributed by atoms with Gasteiger partial charge >= 0.3 is 0 Å². The fraction of sp³-hybridized carbons (Fsp3) is 0.333. The molecule has 5 rings (SSSR count). The Kier molecular flexibility index (Phi) is 6.11. The quantitative estimate of drug-likeness (QED) is 0.411. The van der Waals surface area contributed by atoms with E-state index in [-0.39, 0.29) is 12.2 Å². The van der Waals surface area contributed by atoms with Gasteiger partial charge in [0.05, 0.1) is 24.6 Å². The predicted molar refractivity (Wildman–Crippen MR) is 135 cm³/mol. The Balaban J connectivity index is 1.32. The van der Waals surface area contributed by atoms with Gasteiger partial charge in [0.1, 0.15) is 5.82 Å². The smallest absolute Gasteiger partial charge is 0.169 e. The van der Waals surface area contributed by atoms with Gasteiger partial charge in [0, 0.05) is 73.9 Å². The summed E-state index contributed by atoms with van der Waals surface area (Å²) < 4.78 is 2.00. The Bertz CT molecular complexity index is 1320. The van der Waals surface area contributed by atoms with Gasteiger partial charge in [0.15, 0.2) is 5.78 Å². The summed E-state index contributed by atoms with van der Waals surface area (Å²) in [5.41, 5.74) is 3.59. The second kappa shape index (κ2) is 9.35. The Labute approximate surface area is 200 Å². The van der Waals surface area contributed by atoms with Crippen molar-refractivity contribution in [3.05, 3.63) is 72.6 Å². The zero-order chi connectivity index (χ0) is 23.7. The summed E-state index contributed by atoms with van der Waals surface area (Å²) in [5.74, 6) is 0.931. The van der Waals surface area contributed by atoms with E-state index in [1.807, 2.05) is 36.1 Å². The van der Waals surface area contributed by atoms with Crippen molar-refractivity contribution in [1.29, 1.82) is 0 Å². The zero-order valence-electron chi connectivity index (χ0n) is 20.0. The third kappa shape index (κ3) is 4.56. The molecule has 0 radical (unpaired) electrons. The van der Waals surface area contributed by atoms with E-state index < -0.39 is 0 Å². The average Bonchev–Trinajstić information content (AvgIpc) is 3.29. The first-order valence-electron chi connectivity index (χ1n) is 11.8. The molecular formula is C27H30N6O. The first-order valence-corrected chi connectivity index (χ1v) is 11.8. The molecule has 4 aromatic rings. The van der Waals surface area contributed by atoms with E-state index in [1.54, 1.807) is 18.6 Å². The number of imidazole rings is 1. The molecule has 1 aliphatic heterocycles. The van der Waals surface area contributed by atoms with Crippen LogP contribution in [0.25, 0.3) is 22.0 Å². The van der Waals surface area contributed by atoms with Gasteiger partial charge in [-0.1, -0.05) is 12.1 Å². The summed E-state index contributed by atoms with van der Waals surface area (Å²) in [5, 5.41) is 2.11. The fourth-order valence-corrected chi connectivity index (χ4v) is 4.58. The Morgan fingerprint density at radius 2 is 1.79 bits per heavy atom. The lowest BCUT2D eigenvalue weighted by Gasteiger charge is -2.37. The van der Waals surface area contributed by atoms with Gasteiger partial charge in [-0.25, -0.2) is 9.97 Å². The summed E-state index contributed by atoms with van der Waals surface area (Å²) in [6, 6.07) is 12.6. The van der Waals surface area contributed by atoms with Crippen molar-refractivity contribution < 1.29 is 4.79 Å². The minimum absolute atomic E-state index is 0.0547. The van der Waals surface area contributed by atoms with E-state index in [0.29, 0.717) is 11.6 Å². The number of aromatic nitrogens is 4. The van der Waals surface area contributed by atoms with Crippen LogP contribution in [0.1, 0.15) is 29.9 Å². The highest BCUT2D eigenvalue weighted by Gasteiger charge is 2.20. The number of anilines is 1. The summed E-state index contributed by atoms with van der Waals surface area (Å²) in [4.78, 5) is 31.2. The van der Waals surface area contributed by atoms with E-state index in [4.69, 9.17) is 0 Å². The number of piperazine rings is 1. The van der Waals surface area contributed by atoms with E-state index >= 15 is 0 Å². The predicted octanol–water partition coefficient (Wildman–Crippen LogP) is 3.99. The number of hydrogen-bond acceptors (Lipinski definition) is 6. The number of benzene rings is 1. The molecule has 4 heterocycles. The zero-order valence-corrected chi connectivity index (χ0v) is 20.0. The lowest BCUT2D eigenvalue weighted by atomic mass is 10.0. The fourth-order valence-electron chi connectivity index (χ4n) is 4.58. The molecule has 1 aliphatic rings. The standard InChI is InChI=1S/C27H30N6O/c1-19(2)32-8-10-33(11-9-32)27-14-21(6-7-29-27)26(34)15-24-13-23-12-20(4-5-22(23)16-30-24)25-17-28-18-31(25)3/h4-7,12-14,16-19H,8-11,15H2,1-3H3. The summed E-state index contributed by atoms with van der Waals surface area (Å²) in [6.07, 6.45) is 7.50. The van der Waals surface area contributed by atoms with Crippen molar-refractivity contribution in [2.45, 2.75) is 26.3 Å². The van der Waals surface area contributed by atoms with E-state index in [2.05, 4.69) is 56.8 Å². The molecule has 0 saturated carbocycles. The lowest BCUT2D eigenvalue weighted by molar-refractivity contribution is 0.0992. The Morgan fingerprint density at radius 3 is 2.53 bits per heavy atom. The molecule has 0 bridgehead atoms. The molecule has 1 fully saturated rings. The van der Waals surface area contributed by atoms with Crippen molar-refractivity contribution in [3.63, 3.8) is 0 Å². The highest BCUT2D eigenvalue weighted by molar-refractivity contribution is 5.98. The van der Waals surface area contributed by atoms with Crippen molar-refractivity contribution in [2.24, 2.45) is 7.05 Å². The van der Waals surface area contributed by atoms with Gasteiger partial charge in [-0.05, 0) is 43.5 Å². The molecule has 0 N–H and O–H groups in total. The molecule has 0 aliphatic carbocycles. The molecule has 1 aromatic carbocycles. The number of rotatable bonds is 6. The second-order valence-corrected chi connectivity index (χ2v) is 9.25. The number of carbonyl (C=O) groups excluding carboxylic acids is 1. The normalized spacial score (nSPS) is 14.8. The average molecular weight is 455 g/mol. The number of aryl methyl sites for hydroxylation is 1. The molecular weight excluding hydrogens is 424 g/mol. The third-order valence-corrected chi connectivity index (χ3v) is 6.67. The molecule has 0 atom stereocenters. The topological polar surface area (TPSA) is 67.2 Å². The van der Waals surface area contributed by atoms with Gasteiger partial charge in [-0.2, -0.15) is 0 Å². The highest BCUT2D eigenvalue weighted by atomic mass is 16.1. The van der Waals surface area contributed by atoms with Crippen molar-refractivity contribution in [1.82, 2.24) is 24.4 Å². The summed E-state index contributed by atoms with van der Waals surface area (Å²) in [6.45, 7) is 8.34. The van der Waals surface area contributed by atoms with Crippen LogP contribution in [0.2, 0.25) is 0 Å². The molecule has 0 spiro atoms. The number of hydrogen-bond donors (Lipinski definition) is 0. The Hall–Kier alpha value is -3.58. The van der Waals surface area contributed by atoms with Crippen molar-refractivity contribution in [2.75, 3.05) is 31.1 Å². The molecule has 7 heteroatoms. The molecule has 34 heavy (non-hydrogen) atoms. The van der Waals surface area contributed by atoms with Crippen LogP contribution in [0.4, 0.5) is 5.82 Å². The summed E-state index contributed by atoms with van der Waals surface area (Å²) in [7, 11) is 1.98. The minimum Gasteiger partial charge on any atom is -0.354 e. The van der Waals surface area contributed by atoms with Crippen LogP contribution in [-0.2, 0) is 13.5 Å². The molecule has 0 amide bonds. The first kappa shape index (κ1) is 22.2. The number of carbonyl (C=O) groups is 1. The van der Waals surface area contributed by atoms with Gasteiger partial charge in [0.2, 0.25) is 0 Å². The van der Waals surface area contributed by atoms with Crippen LogP contribution in [-0.4, -0.2) is 62.4 Å². The number of pyridine rings is 2. The number of nitrogens with zero attached hydrogens (tertiary/aromatic N) is 6. The molecule has 7 nitrogen and oxygen atoms in total. The van der Waals surface area contributed by atoms with E-state index in [1.165, 1.54) is 0 Å². The number of fused-ring (bicyclic) bond motifs is 1. The molecule has 1 saturated heterocycles. The van der Waals surface area contributed by atoms with Gasteiger partial charge in [0.25, 0.3) is 0 Å². The molecule has 174 valence electrons. The van der Waals surface area contributed by atoms with Crippen LogP contribution < -0.4 is 4.90 Å². The van der Waals surface area contributed by atoms with Crippen LogP contribution in [0.15, 0.2) is 61.3 Å². The van der Waals surface area contributed by atoms with Crippen molar-refractivity contribution in [3.8, 4) is 11.3 Å². The maximum absolute atomic E-state index is 13.1. The van der Waals surface area contributed by atoms with Crippen molar-refractivity contribution >= 4 is 22.4 Å². The second-order valence-electron chi connectivity index (χ2n) is 9.25. The van der Waals surface area contributed by atoms with Crippen LogP contribution >= 0.6 is 0 Å². The lowest BCUT2D eigenvalue weighted by Crippen LogP contribution is -2.49.